The summed E-state index contributed by atoms with van der Waals surface area (Å²) < 4.78 is 10.4. The molecule has 4 aromatic carbocycles. The van der Waals surface area contributed by atoms with Gasteiger partial charge in [-0.1, -0.05) is 12.1 Å². The lowest BCUT2D eigenvalue weighted by atomic mass is 10.0. The van der Waals surface area contributed by atoms with E-state index in [0.29, 0.717) is 5.69 Å². The average molecular weight is 610 g/mol. The van der Waals surface area contributed by atoms with Crippen LogP contribution in [0, 0.1) is 26.1 Å². The molecule has 1 aliphatic rings. The summed E-state index contributed by atoms with van der Waals surface area (Å²) in [6, 6.07) is 23.5. The van der Waals surface area contributed by atoms with E-state index in [0.717, 1.165) is 11.1 Å². The number of rotatable bonds is 10. The van der Waals surface area contributed by atoms with Gasteiger partial charge in [0.25, 0.3) is 11.4 Å². The van der Waals surface area contributed by atoms with Crippen LogP contribution in [0.2, 0.25) is 0 Å². The predicted octanol–water partition coefficient (Wildman–Crippen LogP) is 5.17. The molecule has 13 heteroatoms. The minimum Gasteiger partial charge on any atom is -0.457 e. The normalized spacial score (nSPS) is 14.1. The summed E-state index contributed by atoms with van der Waals surface area (Å²) in [4.78, 5) is 72.3. The van der Waals surface area contributed by atoms with Gasteiger partial charge in [-0.2, -0.15) is 0 Å². The molecule has 1 amide bonds. The summed E-state index contributed by atoms with van der Waals surface area (Å²) in [6.45, 7) is -0.465. The van der Waals surface area contributed by atoms with E-state index in [4.69, 9.17) is 9.47 Å². The van der Waals surface area contributed by atoms with Crippen molar-refractivity contribution in [2.75, 3.05) is 18.1 Å². The Labute approximate surface area is 254 Å². The summed E-state index contributed by atoms with van der Waals surface area (Å²) in [6.07, 6.45) is -0.0774. The first-order valence-corrected chi connectivity index (χ1v) is 13.5. The van der Waals surface area contributed by atoms with E-state index in [1.165, 1.54) is 65.6 Å². The molecule has 0 unspecified atom stereocenters. The number of nitrogens with zero attached hydrogens (tertiary/aromatic N) is 3. The third-order valence-corrected chi connectivity index (χ3v) is 7.09. The first-order valence-electron chi connectivity index (χ1n) is 13.5. The van der Waals surface area contributed by atoms with Crippen molar-refractivity contribution in [1.82, 2.24) is 0 Å². The molecular formula is C32H23N3O10. The molecule has 5 rings (SSSR count). The molecule has 1 atom stereocenters. The Kier molecular flexibility index (Phi) is 8.70. The summed E-state index contributed by atoms with van der Waals surface area (Å²) in [5.41, 5.74) is 2.27. The largest absolute Gasteiger partial charge is 0.457 e. The van der Waals surface area contributed by atoms with Crippen LogP contribution in [0.4, 0.5) is 17.1 Å². The number of benzene rings is 4. The maximum atomic E-state index is 12.7. The minimum atomic E-state index is -0.763. The Morgan fingerprint density at radius 3 is 1.80 bits per heavy atom. The van der Waals surface area contributed by atoms with E-state index in [1.807, 2.05) is 0 Å². The van der Waals surface area contributed by atoms with Gasteiger partial charge in [-0.05, 0) is 71.8 Å². The maximum Gasteiger partial charge on any atom is 0.343 e. The summed E-state index contributed by atoms with van der Waals surface area (Å²) in [5.74, 6) is -2.82. The number of amides is 1. The van der Waals surface area contributed by atoms with Crippen molar-refractivity contribution < 1.29 is 38.5 Å². The van der Waals surface area contributed by atoms with E-state index in [2.05, 4.69) is 0 Å². The van der Waals surface area contributed by atoms with Crippen LogP contribution in [0.25, 0.3) is 11.1 Å². The Bertz CT molecular complexity index is 1790. The monoisotopic (exact) mass is 609 g/mol. The van der Waals surface area contributed by atoms with Crippen molar-refractivity contribution in [2.45, 2.75) is 6.42 Å². The molecular weight excluding hydrogens is 586 g/mol. The van der Waals surface area contributed by atoms with Gasteiger partial charge < -0.3 is 14.4 Å². The Morgan fingerprint density at radius 1 is 0.733 bits per heavy atom. The molecule has 13 nitrogen and oxygen atoms in total. The molecule has 0 saturated carbocycles. The Morgan fingerprint density at radius 2 is 1.24 bits per heavy atom. The molecule has 0 radical (unpaired) electrons. The molecule has 0 aliphatic carbocycles. The third kappa shape index (κ3) is 7.05. The van der Waals surface area contributed by atoms with Crippen LogP contribution in [0.3, 0.4) is 0 Å². The lowest BCUT2D eigenvalue weighted by Crippen LogP contribution is -2.27. The van der Waals surface area contributed by atoms with Crippen LogP contribution in [0.5, 0.6) is 5.75 Å². The molecule has 0 aromatic heterocycles. The predicted molar refractivity (Wildman–Crippen MR) is 159 cm³/mol. The number of ether oxygens (including phenoxy) is 2. The Balaban J connectivity index is 1.11. The smallest absolute Gasteiger partial charge is 0.343 e. The van der Waals surface area contributed by atoms with Crippen LogP contribution in [0.15, 0.2) is 97.1 Å². The second-order valence-corrected chi connectivity index (χ2v) is 10.0. The summed E-state index contributed by atoms with van der Waals surface area (Å²) in [5, 5.41) is 21.6. The molecule has 1 saturated heterocycles. The highest BCUT2D eigenvalue weighted by Crippen LogP contribution is 2.29. The van der Waals surface area contributed by atoms with Gasteiger partial charge in [0.2, 0.25) is 5.91 Å². The van der Waals surface area contributed by atoms with Gasteiger partial charge in [-0.3, -0.25) is 34.6 Å². The number of ketones is 1. The SMILES string of the molecule is O=C(COC(=O)[C@@H]1CC(=O)N(c2ccc(-c3ccc([N+](=O)[O-])cc3)cc2)C1)c1ccc(OC(=O)c2ccc([N+](=O)[O-])cc2)cc1. The van der Waals surface area contributed by atoms with E-state index >= 15 is 0 Å². The zero-order valence-electron chi connectivity index (χ0n) is 23.4. The quantitative estimate of drug-likeness (QED) is 0.0766. The fourth-order valence-corrected chi connectivity index (χ4v) is 4.66. The van der Waals surface area contributed by atoms with Gasteiger partial charge in [-0.25, -0.2) is 4.79 Å². The van der Waals surface area contributed by atoms with Gasteiger partial charge >= 0.3 is 11.9 Å². The first-order chi connectivity index (χ1) is 21.6. The van der Waals surface area contributed by atoms with Gasteiger partial charge in [0.15, 0.2) is 12.4 Å². The second-order valence-electron chi connectivity index (χ2n) is 10.0. The van der Waals surface area contributed by atoms with E-state index in [-0.39, 0.29) is 47.1 Å². The number of hydrogen-bond donors (Lipinski definition) is 0. The number of nitro benzene ring substituents is 2. The lowest BCUT2D eigenvalue weighted by Gasteiger charge is -2.17. The van der Waals surface area contributed by atoms with Crippen molar-refractivity contribution in [3.05, 3.63) is 128 Å². The zero-order chi connectivity index (χ0) is 32.1. The minimum absolute atomic E-state index is 0.0170. The number of nitro groups is 2. The van der Waals surface area contributed by atoms with Crippen LogP contribution in [-0.2, 0) is 14.3 Å². The number of Topliss-reactive ketones (excluding diaryl/α,β-unsaturated/α-hetero) is 1. The van der Waals surface area contributed by atoms with Gasteiger partial charge in [0.05, 0.1) is 21.3 Å². The molecule has 1 aliphatic heterocycles. The molecule has 0 N–H and O–H groups in total. The number of carbonyl (C=O) groups excluding carboxylic acids is 4. The van der Waals surface area contributed by atoms with Gasteiger partial charge in [-0.15, -0.1) is 0 Å². The number of carbonyl (C=O) groups is 4. The topological polar surface area (TPSA) is 176 Å². The van der Waals surface area contributed by atoms with E-state index in [1.54, 1.807) is 36.4 Å². The van der Waals surface area contributed by atoms with Crippen molar-refractivity contribution in [2.24, 2.45) is 5.92 Å². The number of non-ortho nitro benzene ring substituents is 2. The highest BCUT2D eigenvalue weighted by molar-refractivity contribution is 6.01. The number of anilines is 1. The summed E-state index contributed by atoms with van der Waals surface area (Å²) in [7, 11) is 0. The average Bonchev–Trinajstić information content (AvgIpc) is 3.45. The van der Waals surface area contributed by atoms with Crippen LogP contribution >= 0.6 is 0 Å². The van der Waals surface area contributed by atoms with Gasteiger partial charge in [0.1, 0.15) is 5.75 Å². The highest BCUT2D eigenvalue weighted by Gasteiger charge is 2.36. The third-order valence-electron chi connectivity index (χ3n) is 7.09. The van der Waals surface area contributed by atoms with Crippen LogP contribution in [-0.4, -0.2) is 46.6 Å². The standard InChI is InChI=1S/C32H23N3O10/c36-29(22-7-15-28(16-8-22)45-32(39)23-5-13-27(14-6-23)35(42)43)19-44-31(38)24-17-30(37)33(18-24)25-9-1-20(2-10-25)21-3-11-26(12-4-21)34(40)41/h1-16,24H,17-19H2/t24-/m1/s1. The van der Waals surface area contributed by atoms with Crippen LogP contribution < -0.4 is 9.64 Å². The first kappa shape index (κ1) is 30.2. The molecule has 1 fully saturated rings. The van der Waals surface area contributed by atoms with E-state index < -0.39 is 40.1 Å². The molecule has 0 bridgehead atoms. The lowest BCUT2D eigenvalue weighted by molar-refractivity contribution is -0.385. The van der Waals surface area contributed by atoms with Crippen molar-refractivity contribution in [3.8, 4) is 16.9 Å². The Hall–Kier alpha value is -6.24. The summed E-state index contributed by atoms with van der Waals surface area (Å²) >= 11 is 0. The number of hydrogen-bond acceptors (Lipinski definition) is 10. The molecule has 1 heterocycles. The molecule has 4 aromatic rings. The van der Waals surface area contributed by atoms with E-state index in [9.17, 15) is 39.4 Å². The van der Waals surface area contributed by atoms with Gasteiger partial charge in [0, 0.05) is 48.5 Å². The van der Waals surface area contributed by atoms with Crippen LogP contribution in [0.1, 0.15) is 27.1 Å². The molecule has 226 valence electrons. The highest BCUT2D eigenvalue weighted by atomic mass is 16.6. The fourth-order valence-electron chi connectivity index (χ4n) is 4.66. The second kappa shape index (κ2) is 13.0. The molecule has 45 heavy (non-hydrogen) atoms. The zero-order valence-corrected chi connectivity index (χ0v) is 23.4. The fraction of sp³-hybridized carbons (Fsp3) is 0.125. The number of esters is 2. The van der Waals surface area contributed by atoms with Crippen molar-refractivity contribution >= 4 is 40.7 Å². The molecule has 0 spiro atoms. The van der Waals surface area contributed by atoms with Crippen molar-refractivity contribution in [1.29, 1.82) is 0 Å². The van der Waals surface area contributed by atoms with Crippen molar-refractivity contribution in [3.63, 3.8) is 0 Å². The maximum absolute atomic E-state index is 12.7.